The van der Waals surface area contributed by atoms with Gasteiger partial charge in [0.15, 0.2) is 9.84 Å². The fourth-order valence-corrected chi connectivity index (χ4v) is 1.85. The third kappa shape index (κ3) is 3.61. The number of halogens is 1. The molecular weight excluding hydrogens is 304 g/mol. The lowest BCUT2D eigenvalue weighted by Gasteiger charge is -2.23. The van der Waals surface area contributed by atoms with Gasteiger partial charge >= 0.3 is 0 Å². The zero-order valence-corrected chi connectivity index (χ0v) is 12.5. The van der Waals surface area contributed by atoms with E-state index < -0.39 is 14.6 Å². The van der Waals surface area contributed by atoms with E-state index in [1.165, 1.54) is 6.26 Å². The quantitative estimate of drug-likeness (QED) is 0.835. The first-order valence-electron chi connectivity index (χ1n) is 5.12. The number of nitrogens with two attached hydrogens (primary N) is 1. The molecule has 0 bridgehead atoms. The zero-order valence-electron chi connectivity index (χ0n) is 10.1. The van der Waals surface area contributed by atoms with Gasteiger partial charge in [0.25, 0.3) is 0 Å². The zero-order chi connectivity index (χ0) is 13.3. The lowest BCUT2D eigenvalue weighted by molar-refractivity contribution is 0.560. The molecule has 0 unspecified atom stereocenters. The third-order valence-electron chi connectivity index (χ3n) is 2.72. The molecule has 0 atom stereocenters. The van der Waals surface area contributed by atoms with E-state index in [9.17, 15) is 8.42 Å². The van der Waals surface area contributed by atoms with Crippen molar-refractivity contribution in [2.75, 3.05) is 23.9 Å². The molecule has 0 saturated carbocycles. The molecule has 0 fully saturated rings. The average molecular weight is 321 g/mol. The van der Waals surface area contributed by atoms with Crippen LogP contribution in [0.3, 0.4) is 0 Å². The van der Waals surface area contributed by atoms with Crippen LogP contribution >= 0.6 is 15.9 Å². The van der Waals surface area contributed by atoms with Crippen molar-refractivity contribution >= 4 is 37.1 Å². The van der Waals surface area contributed by atoms with Crippen molar-refractivity contribution in [3.05, 3.63) is 22.7 Å². The van der Waals surface area contributed by atoms with Gasteiger partial charge in [0.2, 0.25) is 0 Å². The standard InChI is InChI=1S/C11H17BrN2O2S/c1-11(2,17(3,15)16)7-14-10-5-4-8(12)6-9(10)13/h4-6,14H,7,13H2,1-3H3. The van der Waals surface area contributed by atoms with E-state index in [-0.39, 0.29) is 0 Å². The van der Waals surface area contributed by atoms with Crippen LogP contribution in [0.4, 0.5) is 11.4 Å². The highest BCUT2D eigenvalue weighted by Gasteiger charge is 2.29. The average Bonchev–Trinajstić information content (AvgIpc) is 2.14. The van der Waals surface area contributed by atoms with Crippen LogP contribution in [0.25, 0.3) is 0 Å². The van der Waals surface area contributed by atoms with Crippen molar-refractivity contribution in [3.63, 3.8) is 0 Å². The molecule has 0 aromatic heterocycles. The van der Waals surface area contributed by atoms with Gasteiger partial charge < -0.3 is 11.1 Å². The van der Waals surface area contributed by atoms with Crippen LogP contribution in [0, 0.1) is 0 Å². The van der Waals surface area contributed by atoms with Gasteiger partial charge in [-0.2, -0.15) is 0 Å². The largest absolute Gasteiger partial charge is 0.397 e. The van der Waals surface area contributed by atoms with E-state index in [4.69, 9.17) is 5.73 Å². The molecule has 4 nitrogen and oxygen atoms in total. The highest BCUT2D eigenvalue weighted by Crippen LogP contribution is 2.24. The van der Waals surface area contributed by atoms with Crippen LogP contribution in [0.5, 0.6) is 0 Å². The van der Waals surface area contributed by atoms with Gasteiger partial charge in [-0.15, -0.1) is 0 Å². The summed E-state index contributed by atoms with van der Waals surface area (Å²) in [5.74, 6) is 0. The number of anilines is 2. The molecule has 1 aromatic rings. The van der Waals surface area contributed by atoms with E-state index in [0.717, 1.165) is 10.2 Å². The first kappa shape index (κ1) is 14.3. The Morgan fingerprint density at radius 2 is 2.00 bits per heavy atom. The molecule has 1 aromatic carbocycles. The number of rotatable bonds is 4. The molecule has 0 aliphatic heterocycles. The molecule has 0 heterocycles. The Balaban J connectivity index is 2.81. The summed E-state index contributed by atoms with van der Waals surface area (Å²) in [5.41, 5.74) is 7.15. The van der Waals surface area contributed by atoms with Crippen molar-refractivity contribution in [3.8, 4) is 0 Å². The van der Waals surface area contributed by atoms with Crippen LogP contribution in [-0.4, -0.2) is 26.0 Å². The molecule has 0 saturated heterocycles. The summed E-state index contributed by atoms with van der Waals surface area (Å²) in [6.07, 6.45) is 1.24. The lowest BCUT2D eigenvalue weighted by atomic mass is 10.2. The molecule has 96 valence electrons. The van der Waals surface area contributed by atoms with Gasteiger partial charge in [-0.1, -0.05) is 15.9 Å². The highest BCUT2D eigenvalue weighted by atomic mass is 79.9. The molecule has 3 N–H and O–H groups in total. The fraction of sp³-hybridized carbons (Fsp3) is 0.455. The predicted octanol–water partition coefficient (Wildman–Crippen LogP) is 2.27. The fourth-order valence-electron chi connectivity index (χ4n) is 1.13. The number of benzene rings is 1. The first-order chi connectivity index (χ1) is 7.63. The van der Waals surface area contributed by atoms with Crippen molar-refractivity contribution in [1.29, 1.82) is 0 Å². The molecule has 0 aliphatic rings. The molecule has 17 heavy (non-hydrogen) atoms. The summed E-state index contributed by atoms with van der Waals surface area (Å²) in [6.45, 7) is 3.69. The molecule has 0 amide bonds. The van der Waals surface area contributed by atoms with E-state index in [1.54, 1.807) is 19.9 Å². The monoisotopic (exact) mass is 320 g/mol. The molecule has 6 heteroatoms. The molecule has 0 aliphatic carbocycles. The van der Waals surface area contributed by atoms with Gasteiger partial charge in [0.05, 0.1) is 16.1 Å². The molecule has 1 rings (SSSR count). The smallest absolute Gasteiger partial charge is 0.154 e. The number of hydrogen-bond acceptors (Lipinski definition) is 4. The molecule has 0 radical (unpaired) electrons. The Hall–Kier alpha value is -0.750. The van der Waals surface area contributed by atoms with E-state index in [0.29, 0.717) is 12.2 Å². The Labute approximate surface area is 111 Å². The van der Waals surface area contributed by atoms with Gasteiger partial charge in [-0.05, 0) is 32.0 Å². The maximum absolute atomic E-state index is 11.5. The maximum atomic E-state index is 11.5. The van der Waals surface area contributed by atoms with E-state index in [1.807, 2.05) is 12.1 Å². The molecular formula is C11H17BrN2O2S. The summed E-state index contributed by atoms with van der Waals surface area (Å²) in [4.78, 5) is 0. The number of nitrogen functional groups attached to an aromatic ring is 1. The minimum absolute atomic E-state index is 0.317. The summed E-state index contributed by atoms with van der Waals surface area (Å²) in [5, 5.41) is 3.06. The van der Waals surface area contributed by atoms with Gasteiger partial charge in [0.1, 0.15) is 0 Å². The maximum Gasteiger partial charge on any atom is 0.154 e. The minimum Gasteiger partial charge on any atom is -0.397 e. The number of nitrogens with one attached hydrogen (secondary N) is 1. The summed E-state index contributed by atoms with van der Waals surface area (Å²) >= 11 is 3.31. The van der Waals surface area contributed by atoms with E-state index >= 15 is 0 Å². The van der Waals surface area contributed by atoms with Crippen molar-refractivity contribution in [2.24, 2.45) is 0 Å². The lowest BCUT2D eigenvalue weighted by Crippen LogP contribution is -2.38. The Kier molecular flexibility index (Phi) is 4.09. The van der Waals surface area contributed by atoms with Crippen molar-refractivity contribution in [1.82, 2.24) is 0 Å². The predicted molar refractivity (Wildman–Crippen MR) is 76.0 cm³/mol. The second-order valence-electron chi connectivity index (χ2n) is 4.62. The minimum atomic E-state index is -3.11. The van der Waals surface area contributed by atoms with E-state index in [2.05, 4.69) is 21.2 Å². The van der Waals surface area contributed by atoms with Crippen molar-refractivity contribution < 1.29 is 8.42 Å². The van der Waals surface area contributed by atoms with Crippen LogP contribution in [0.1, 0.15) is 13.8 Å². The van der Waals surface area contributed by atoms with Crippen LogP contribution in [0.15, 0.2) is 22.7 Å². The summed E-state index contributed by atoms with van der Waals surface area (Å²) in [7, 11) is -3.11. The Morgan fingerprint density at radius 3 is 2.47 bits per heavy atom. The van der Waals surface area contributed by atoms with Gasteiger partial charge in [-0.3, -0.25) is 0 Å². The van der Waals surface area contributed by atoms with Crippen LogP contribution < -0.4 is 11.1 Å². The third-order valence-corrected chi connectivity index (χ3v) is 5.37. The number of hydrogen-bond donors (Lipinski definition) is 2. The topological polar surface area (TPSA) is 72.2 Å². The normalized spacial score (nSPS) is 12.5. The molecule has 0 spiro atoms. The van der Waals surface area contributed by atoms with Crippen molar-refractivity contribution in [2.45, 2.75) is 18.6 Å². The summed E-state index contributed by atoms with van der Waals surface area (Å²) in [6, 6.07) is 5.44. The Morgan fingerprint density at radius 1 is 1.41 bits per heavy atom. The SMILES string of the molecule is CC(C)(CNc1ccc(Br)cc1N)S(C)(=O)=O. The van der Waals surface area contributed by atoms with Crippen LogP contribution in [0.2, 0.25) is 0 Å². The second-order valence-corrected chi connectivity index (χ2v) is 8.18. The second kappa shape index (κ2) is 4.86. The summed E-state index contributed by atoms with van der Waals surface area (Å²) < 4.78 is 23.1. The highest BCUT2D eigenvalue weighted by molar-refractivity contribution is 9.10. The first-order valence-corrected chi connectivity index (χ1v) is 7.80. The van der Waals surface area contributed by atoms with Gasteiger partial charge in [-0.25, -0.2) is 8.42 Å². The number of sulfone groups is 1. The van der Waals surface area contributed by atoms with Gasteiger partial charge in [0, 0.05) is 17.3 Å². The van der Waals surface area contributed by atoms with Crippen LogP contribution in [-0.2, 0) is 9.84 Å². The Bertz CT molecular complexity index is 512.